The van der Waals surface area contributed by atoms with Gasteiger partial charge in [0.25, 0.3) is 10.0 Å². The van der Waals surface area contributed by atoms with Gasteiger partial charge in [0.05, 0.1) is 4.90 Å². The molecule has 0 aromatic heterocycles. The molecule has 22 heavy (non-hydrogen) atoms. The molecule has 0 bridgehead atoms. The Bertz CT molecular complexity index is 651. The summed E-state index contributed by atoms with van der Waals surface area (Å²) in [5, 5.41) is 11.3. The molecule has 0 spiro atoms. The number of benzene rings is 1. The van der Waals surface area contributed by atoms with Crippen LogP contribution in [-0.2, 0) is 14.8 Å². The molecule has 0 aliphatic heterocycles. The molecule has 1 aromatic rings. The number of hydrogen-bond acceptors (Lipinski definition) is 5. The van der Waals surface area contributed by atoms with Crippen LogP contribution in [0.4, 0.5) is 4.79 Å². The zero-order valence-electron chi connectivity index (χ0n) is 11.6. The second-order valence-electron chi connectivity index (χ2n) is 4.21. The molecule has 0 aliphatic rings. The van der Waals surface area contributed by atoms with E-state index in [1.54, 1.807) is 11.0 Å². The number of thioether (sulfide) groups is 1. The van der Waals surface area contributed by atoms with Crippen LogP contribution in [0.25, 0.3) is 0 Å². The van der Waals surface area contributed by atoms with Gasteiger partial charge < -0.3 is 10.4 Å². The van der Waals surface area contributed by atoms with Crippen LogP contribution in [0.5, 0.6) is 0 Å². The number of carboxylic acid groups (broad SMARTS) is 1. The summed E-state index contributed by atoms with van der Waals surface area (Å²) < 4.78 is 25.7. The first kappa shape index (κ1) is 18.6. The van der Waals surface area contributed by atoms with Crippen molar-refractivity contribution in [1.29, 1.82) is 0 Å². The number of nitrogens with one attached hydrogen (secondary N) is 2. The topological polar surface area (TPSA) is 113 Å². The summed E-state index contributed by atoms with van der Waals surface area (Å²) in [6.07, 6.45) is 1.98. The van der Waals surface area contributed by atoms with Crippen molar-refractivity contribution in [3.05, 3.63) is 29.3 Å². The molecule has 10 heteroatoms. The minimum Gasteiger partial charge on any atom is -0.480 e. The van der Waals surface area contributed by atoms with Crippen molar-refractivity contribution in [2.24, 2.45) is 0 Å². The first-order valence-corrected chi connectivity index (χ1v) is 9.32. The van der Waals surface area contributed by atoms with Gasteiger partial charge in [-0.2, -0.15) is 11.8 Å². The van der Waals surface area contributed by atoms with Crippen molar-refractivity contribution in [3.8, 4) is 0 Å². The number of carboxylic acids is 1. The summed E-state index contributed by atoms with van der Waals surface area (Å²) in [5.74, 6) is -0.720. The molecule has 0 saturated heterocycles. The quantitative estimate of drug-likeness (QED) is 0.674. The maximum atomic E-state index is 12.0. The van der Waals surface area contributed by atoms with Crippen LogP contribution in [0.15, 0.2) is 29.2 Å². The fourth-order valence-corrected chi connectivity index (χ4v) is 3.18. The fourth-order valence-electron chi connectivity index (χ4n) is 1.50. The maximum Gasteiger partial charge on any atom is 0.329 e. The first-order valence-electron chi connectivity index (χ1n) is 6.07. The highest BCUT2D eigenvalue weighted by Gasteiger charge is 2.23. The van der Waals surface area contributed by atoms with E-state index in [-0.39, 0.29) is 16.3 Å². The number of sulfonamides is 1. The smallest absolute Gasteiger partial charge is 0.329 e. The zero-order valence-corrected chi connectivity index (χ0v) is 14.0. The SMILES string of the molecule is CSCCC(NC(=O)NS(=O)(=O)c1cccc(Cl)c1)C(=O)O. The fraction of sp³-hybridized carbons (Fsp3) is 0.333. The Labute approximate surface area is 137 Å². The Balaban J connectivity index is 2.76. The molecule has 0 heterocycles. The van der Waals surface area contributed by atoms with Crippen molar-refractivity contribution in [1.82, 2.24) is 10.0 Å². The van der Waals surface area contributed by atoms with Crippen LogP contribution >= 0.6 is 23.4 Å². The van der Waals surface area contributed by atoms with E-state index in [0.29, 0.717) is 5.75 Å². The zero-order chi connectivity index (χ0) is 16.8. The lowest BCUT2D eigenvalue weighted by atomic mass is 10.2. The molecule has 3 N–H and O–H groups in total. The van der Waals surface area contributed by atoms with E-state index >= 15 is 0 Å². The molecule has 122 valence electrons. The molecule has 0 radical (unpaired) electrons. The van der Waals surface area contributed by atoms with Gasteiger partial charge in [0.1, 0.15) is 6.04 Å². The summed E-state index contributed by atoms with van der Waals surface area (Å²) in [4.78, 5) is 22.5. The number of amides is 2. The van der Waals surface area contributed by atoms with Crippen LogP contribution in [0.1, 0.15) is 6.42 Å². The molecule has 0 aliphatic carbocycles. The number of halogens is 1. The summed E-state index contributed by atoms with van der Waals surface area (Å²) in [6.45, 7) is 0. The highest BCUT2D eigenvalue weighted by molar-refractivity contribution is 7.98. The Morgan fingerprint density at radius 3 is 2.64 bits per heavy atom. The molecular formula is C12H15ClN2O5S2. The van der Waals surface area contributed by atoms with Crippen molar-refractivity contribution >= 4 is 45.4 Å². The molecule has 1 aromatic carbocycles. The predicted molar refractivity (Wildman–Crippen MR) is 84.7 cm³/mol. The highest BCUT2D eigenvalue weighted by Crippen LogP contribution is 2.15. The number of urea groups is 1. The van der Waals surface area contributed by atoms with Gasteiger partial charge in [0, 0.05) is 5.02 Å². The average Bonchev–Trinajstić information content (AvgIpc) is 2.42. The number of rotatable bonds is 7. The van der Waals surface area contributed by atoms with Crippen LogP contribution in [0.3, 0.4) is 0 Å². The third kappa shape index (κ3) is 5.74. The molecular weight excluding hydrogens is 352 g/mol. The maximum absolute atomic E-state index is 12.0. The van der Waals surface area contributed by atoms with Crippen LogP contribution < -0.4 is 10.0 Å². The number of hydrogen-bond donors (Lipinski definition) is 3. The Hall–Kier alpha value is -1.45. The molecule has 2 amide bonds. The number of aliphatic carboxylic acids is 1. The van der Waals surface area contributed by atoms with Gasteiger partial charge in [0.2, 0.25) is 0 Å². The largest absolute Gasteiger partial charge is 0.480 e. The summed E-state index contributed by atoms with van der Waals surface area (Å²) >= 11 is 7.12. The van der Waals surface area contributed by atoms with E-state index < -0.39 is 28.1 Å². The van der Waals surface area contributed by atoms with E-state index in [2.05, 4.69) is 5.32 Å². The minimum absolute atomic E-state index is 0.182. The second-order valence-corrected chi connectivity index (χ2v) is 7.31. The van der Waals surface area contributed by atoms with Gasteiger partial charge in [-0.1, -0.05) is 17.7 Å². The van der Waals surface area contributed by atoms with E-state index in [0.717, 1.165) is 0 Å². The molecule has 1 rings (SSSR count). The summed E-state index contributed by atoms with van der Waals surface area (Å²) in [7, 11) is -4.12. The van der Waals surface area contributed by atoms with Crippen molar-refractivity contribution in [2.45, 2.75) is 17.4 Å². The number of carbonyl (C=O) groups is 2. The van der Waals surface area contributed by atoms with Gasteiger partial charge in [-0.3, -0.25) is 0 Å². The van der Waals surface area contributed by atoms with E-state index in [1.165, 1.54) is 36.0 Å². The summed E-state index contributed by atoms with van der Waals surface area (Å²) in [5.41, 5.74) is 0. The number of carbonyl (C=O) groups excluding carboxylic acids is 1. The lowest BCUT2D eigenvalue weighted by molar-refractivity contribution is -0.139. The third-order valence-corrected chi connectivity index (χ3v) is 4.76. The van der Waals surface area contributed by atoms with Crippen molar-refractivity contribution in [3.63, 3.8) is 0 Å². The van der Waals surface area contributed by atoms with Gasteiger partial charge in [0.15, 0.2) is 0 Å². The van der Waals surface area contributed by atoms with Crippen LogP contribution in [0, 0.1) is 0 Å². The highest BCUT2D eigenvalue weighted by atomic mass is 35.5. The van der Waals surface area contributed by atoms with Crippen LogP contribution in [-0.4, -0.2) is 43.6 Å². The van der Waals surface area contributed by atoms with E-state index in [1.807, 2.05) is 0 Å². The van der Waals surface area contributed by atoms with Crippen LogP contribution in [0.2, 0.25) is 5.02 Å². The average molecular weight is 367 g/mol. The Kier molecular flexibility index (Phi) is 6.98. The molecule has 1 unspecified atom stereocenters. The standard InChI is InChI=1S/C12H15ClN2O5S2/c1-21-6-5-10(11(16)17)14-12(18)15-22(19,20)9-4-2-3-8(13)7-9/h2-4,7,10H,5-6H2,1H3,(H,16,17)(H2,14,15,18). The van der Waals surface area contributed by atoms with Gasteiger partial charge in [-0.05, 0) is 36.6 Å². The molecule has 0 saturated carbocycles. The van der Waals surface area contributed by atoms with E-state index in [9.17, 15) is 18.0 Å². The second kappa shape index (κ2) is 8.25. The van der Waals surface area contributed by atoms with E-state index in [4.69, 9.17) is 16.7 Å². The Morgan fingerprint density at radius 1 is 1.41 bits per heavy atom. The lowest BCUT2D eigenvalue weighted by Gasteiger charge is -2.14. The first-order chi connectivity index (χ1) is 10.3. The minimum atomic E-state index is -4.12. The molecule has 7 nitrogen and oxygen atoms in total. The van der Waals surface area contributed by atoms with Crippen molar-refractivity contribution < 1.29 is 23.1 Å². The monoisotopic (exact) mass is 366 g/mol. The van der Waals surface area contributed by atoms with Gasteiger partial charge >= 0.3 is 12.0 Å². The third-order valence-electron chi connectivity index (χ3n) is 2.55. The normalized spacial score (nSPS) is 12.5. The predicted octanol–water partition coefficient (Wildman–Crippen LogP) is 1.53. The molecule has 1 atom stereocenters. The summed E-state index contributed by atoms with van der Waals surface area (Å²) in [6, 6.07) is 3.09. The Morgan fingerprint density at radius 2 is 2.09 bits per heavy atom. The lowest BCUT2D eigenvalue weighted by Crippen LogP contribution is -2.47. The van der Waals surface area contributed by atoms with Crippen molar-refractivity contribution in [2.75, 3.05) is 12.0 Å². The van der Waals surface area contributed by atoms with Gasteiger partial charge in [-0.15, -0.1) is 0 Å². The van der Waals surface area contributed by atoms with Gasteiger partial charge in [-0.25, -0.2) is 22.7 Å². The molecule has 0 fully saturated rings.